The zero-order chi connectivity index (χ0) is 18.0. The van der Waals surface area contributed by atoms with E-state index in [0.717, 1.165) is 36.3 Å². The van der Waals surface area contributed by atoms with Crippen molar-refractivity contribution in [2.45, 2.75) is 6.54 Å². The lowest BCUT2D eigenvalue weighted by Crippen LogP contribution is -2.23. The van der Waals surface area contributed by atoms with Crippen LogP contribution in [0.4, 0.5) is 0 Å². The number of benzene rings is 3. The summed E-state index contributed by atoms with van der Waals surface area (Å²) in [5.41, 5.74) is 2.55. The van der Waals surface area contributed by atoms with Gasteiger partial charge in [-0.05, 0) is 21.7 Å². The van der Waals surface area contributed by atoms with Crippen molar-refractivity contribution in [3.8, 4) is 0 Å². The monoisotopic (exact) mass is 377 g/mol. The Bertz CT molecular complexity index is 742. The van der Waals surface area contributed by atoms with Gasteiger partial charge in [-0.25, -0.2) is 0 Å². The Hall–Kier alpha value is -1.78. The number of rotatable bonds is 9. The van der Waals surface area contributed by atoms with E-state index in [1.165, 1.54) is 21.7 Å². The van der Waals surface area contributed by atoms with E-state index in [9.17, 15) is 0 Å². The molecule has 26 heavy (non-hydrogen) atoms. The van der Waals surface area contributed by atoms with E-state index >= 15 is 0 Å². The van der Waals surface area contributed by atoms with Gasteiger partial charge in [-0.3, -0.25) is 4.90 Å². The van der Waals surface area contributed by atoms with E-state index in [4.69, 9.17) is 0 Å². The lowest BCUT2D eigenvalue weighted by Gasteiger charge is -2.22. The molecule has 0 saturated carbocycles. The summed E-state index contributed by atoms with van der Waals surface area (Å²) in [6.07, 6.45) is 4.11. The van der Waals surface area contributed by atoms with Crippen LogP contribution in [-0.2, 0) is 6.54 Å². The lowest BCUT2D eigenvalue weighted by atomic mass is 10.1. The minimum atomic E-state index is 0.816. The van der Waals surface area contributed by atoms with E-state index in [1.54, 1.807) is 0 Å². The topological polar surface area (TPSA) is 3.24 Å². The molecule has 3 rings (SSSR count). The third kappa shape index (κ3) is 6.19. The molecular weight excluding hydrogens is 352 g/mol. The molecule has 2 atom stereocenters. The number of hydrogen-bond acceptors (Lipinski definition) is 1. The Labute approximate surface area is 160 Å². The molecule has 3 aromatic rings. The molecule has 3 heteroatoms. The molecule has 0 aromatic heterocycles. The van der Waals surface area contributed by atoms with E-state index in [-0.39, 0.29) is 0 Å². The molecule has 0 radical (unpaired) electrons. The fourth-order valence-corrected chi connectivity index (χ4v) is 5.04. The van der Waals surface area contributed by atoms with Gasteiger partial charge in [-0.2, -0.15) is 0 Å². The second kappa shape index (κ2) is 10.4. The van der Waals surface area contributed by atoms with Gasteiger partial charge in [-0.15, -0.1) is 0 Å². The maximum absolute atomic E-state index is 3.84. The summed E-state index contributed by atoms with van der Waals surface area (Å²) in [7, 11) is 1.63. The van der Waals surface area contributed by atoms with Crippen LogP contribution in [0, 0.1) is 0 Å². The molecule has 0 amide bonds. The Morgan fingerprint density at radius 1 is 0.692 bits per heavy atom. The zero-order valence-electron chi connectivity index (χ0n) is 14.9. The first kappa shape index (κ1) is 19.0. The summed E-state index contributed by atoms with van der Waals surface area (Å²) in [4.78, 5) is 2.58. The fraction of sp³-hybridized carbons (Fsp3) is 0.130. The van der Waals surface area contributed by atoms with E-state index in [1.807, 2.05) is 6.08 Å². The second-order valence-electron chi connectivity index (χ2n) is 6.18. The zero-order valence-corrected chi connectivity index (χ0v) is 16.9. The van der Waals surface area contributed by atoms with Crippen LogP contribution in [-0.4, -0.2) is 17.5 Å². The summed E-state index contributed by atoms with van der Waals surface area (Å²) < 4.78 is 0. The van der Waals surface area contributed by atoms with E-state index in [2.05, 4.69) is 96.4 Å². The summed E-state index contributed by atoms with van der Waals surface area (Å²) in [6.45, 7) is 4.84. The van der Waals surface area contributed by atoms with Crippen LogP contribution in [0.2, 0.25) is 0 Å². The second-order valence-corrected chi connectivity index (χ2v) is 8.67. The largest absolute Gasteiger partial charge is 0.291 e. The number of nitrogens with zero attached hydrogens (tertiary/aromatic N) is 1. The highest BCUT2D eigenvalue weighted by molar-refractivity contribution is 7.48. The van der Waals surface area contributed by atoms with Gasteiger partial charge in [0.25, 0.3) is 0 Å². The highest BCUT2D eigenvalue weighted by Crippen LogP contribution is 2.20. The molecule has 1 nitrogen and oxygen atoms in total. The molecule has 0 heterocycles. The lowest BCUT2D eigenvalue weighted by molar-refractivity contribution is 0.368. The quantitative estimate of drug-likeness (QED) is 0.472. The average Bonchev–Trinajstić information content (AvgIpc) is 2.72. The predicted molar refractivity (Wildman–Crippen MR) is 121 cm³/mol. The smallest absolute Gasteiger partial charge is 0.0241 e. The SMILES string of the molecule is C=Cc1ccc(CN(CPc2ccccc2)CPc2ccccc2)cc1. The van der Waals surface area contributed by atoms with Gasteiger partial charge in [0, 0.05) is 19.1 Å². The van der Waals surface area contributed by atoms with E-state index < -0.39 is 0 Å². The van der Waals surface area contributed by atoms with Gasteiger partial charge in [0.1, 0.15) is 0 Å². The first-order valence-electron chi connectivity index (χ1n) is 8.85. The molecule has 0 bridgehead atoms. The van der Waals surface area contributed by atoms with E-state index in [0.29, 0.717) is 0 Å². The molecular formula is C23H25NP2. The normalized spacial score (nSPS) is 11.7. The van der Waals surface area contributed by atoms with Crippen LogP contribution in [0.3, 0.4) is 0 Å². The summed E-state index contributed by atoms with van der Waals surface area (Å²) in [5.74, 6) is 0. The molecule has 0 saturated heterocycles. The molecule has 0 aliphatic carbocycles. The van der Waals surface area contributed by atoms with Gasteiger partial charge in [0.15, 0.2) is 0 Å². The maximum Gasteiger partial charge on any atom is 0.0241 e. The highest BCUT2D eigenvalue weighted by Gasteiger charge is 2.07. The first-order valence-corrected chi connectivity index (χ1v) is 11.3. The molecule has 3 aromatic carbocycles. The number of hydrogen-bond donors (Lipinski definition) is 0. The predicted octanol–water partition coefficient (Wildman–Crippen LogP) is 5.05. The van der Waals surface area contributed by atoms with Crippen molar-refractivity contribution in [2.24, 2.45) is 0 Å². The molecule has 0 spiro atoms. The summed E-state index contributed by atoms with van der Waals surface area (Å²) in [6, 6.07) is 30.4. The Morgan fingerprint density at radius 2 is 1.19 bits per heavy atom. The third-order valence-corrected chi connectivity index (χ3v) is 6.88. The van der Waals surface area contributed by atoms with Crippen molar-refractivity contribution < 1.29 is 0 Å². The standard InChI is InChI=1S/C23H25NP2/c1-2-20-13-15-21(16-14-20)17-24(18-25-22-9-5-3-6-10-22)19-26-23-11-7-4-8-12-23/h2-16,25-26H,1,17-19H2. The van der Waals surface area contributed by atoms with Crippen molar-refractivity contribution in [3.05, 3.63) is 103 Å². The molecule has 0 fully saturated rings. The van der Waals surface area contributed by atoms with Crippen LogP contribution >= 0.6 is 17.2 Å². The Kier molecular flexibility index (Phi) is 7.59. The van der Waals surface area contributed by atoms with Crippen molar-refractivity contribution in [1.82, 2.24) is 4.90 Å². The maximum atomic E-state index is 3.84. The van der Waals surface area contributed by atoms with Crippen molar-refractivity contribution in [3.63, 3.8) is 0 Å². The first-order chi connectivity index (χ1) is 12.8. The molecule has 0 aliphatic heterocycles. The van der Waals surface area contributed by atoms with Crippen molar-refractivity contribution in [1.29, 1.82) is 0 Å². The van der Waals surface area contributed by atoms with Gasteiger partial charge < -0.3 is 0 Å². The van der Waals surface area contributed by atoms with Gasteiger partial charge in [0.05, 0.1) is 0 Å². The van der Waals surface area contributed by atoms with Crippen LogP contribution in [0.1, 0.15) is 11.1 Å². The molecule has 0 aliphatic rings. The molecule has 2 unspecified atom stereocenters. The van der Waals surface area contributed by atoms with Crippen LogP contribution in [0.15, 0.2) is 91.5 Å². The van der Waals surface area contributed by atoms with Crippen molar-refractivity contribution in [2.75, 3.05) is 12.6 Å². The van der Waals surface area contributed by atoms with Crippen LogP contribution in [0.5, 0.6) is 0 Å². The average molecular weight is 377 g/mol. The Morgan fingerprint density at radius 3 is 1.65 bits per heavy atom. The van der Waals surface area contributed by atoms with Gasteiger partial charge in [0.2, 0.25) is 0 Å². The fourth-order valence-electron chi connectivity index (χ4n) is 2.70. The molecule has 132 valence electrons. The van der Waals surface area contributed by atoms with Crippen LogP contribution in [0.25, 0.3) is 6.08 Å². The highest BCUT2D eigenvalue weighted by atomic mass is 31.1. The Balaban J connectivity index is 1.64. The van der Waals surface area contributed by atoms with Gasteiger partial charge in [-0.1, -0.05) is 115 Å². The third-order valence-electron chi connectivity index (χ3n) is 4.18. The van der Waals surface area contributed by atoms with Crippen LogP contribution < -0.4 is 10.6 Å². The minimum Gasteiger partial charge on any atom is -0.291 e. The minimum absolute atomic E-state index is 0.816. The summed E-state index contributed by atoms with van der Waals surface area (Å²) >= 11 is 0. The molecule has 0 N–H and O–H groups in total. The van der Waals surface area contributed by atoms with Gasteiger partial charge >= 0.3 is 0 Å². The van der Waals surface area contributed by atoms with Crippen molar-refractivity contribution >= 4 is 33.8 Å². The summed E-state index contributed by atoms with van der Waals surface area (Å²) in [5, 5.41) is 2.87.